The Bertz CT molecular complexity index is 992. The minimum Gasteiger partial charge on any atom is -0.340 e. The molecule has 0 radical (unpaired) electrons. The Morgan fingerprint density at radius 2 is 1.79 bits per heavy atom. The van der Waals surface area contributed by atoms with Crippen LogP contribution in [0.2, 0.25) is 0 Å². The molecule has 0 saturated carbocycles. The second-order valence-electron chi connectivity index (χ2n) is 7.84. The normalized spacial score (nSPS) is 14.6. The highest BCUT2D eigenvalue weighted by Gasteiger charge is 2.21. The number of benzene rings is 2. The van der Waals surface area contributed by atoms with E-state index in [-0.39, 0.29) is 5.91 Å². The maximum Gasteiger partial charge on any atom is 0.253 e. The fourth-order valence-corrected chi connectivity index (χ4v) is 3.58. The van der Waals surface area contributed by atoms with Crippen LogP contribution in [-0.2, 0) is 0 Å². The van der Waals surface area contributed by atoms with Crippen LogP contribution in [0.5, 0.6) is 0 Å². The average Bonchev–Trinajstić information content (AvgIpc) is 2.75. The fourth-order valence-electron chi connectivity index (χ4n) is 3.58. The number of carbonyl (C=O) groups excluding carboxylic acids is 1. The molecule has 0 atom stereocenters. The molecule has 0 bridgehead atoms. The molecular formula is C24H26N4O. The lowest BCUT2D eigenvalue weighted by Crippen LogP contribution is -2.37. The summed E-state index contributed by atoms with van der Waals surface area (Å²) in [5, 5.41) is 3.31. The van der Waals surface area contributed by atoms with Crippen molar-refractivity contribution in [2.45, 2.75) is 26.7 Å². The number of nitrogens with one attached hydrogen (secondary N) is 1. The van der Waals surface area contributed by atoms with Gasteiger partial charge < -0.3 is 10.2 Å². The molecule has 5 heteroatoms. The van der Waals surface area contributed by atoms with Crippen molar-refractivity contribution in [3.05, 3.63) is 72.1 Å². The summed E-state index contributed by atoms with van der Waals surface area (Å²) in [6.45, 7) is 5.99. The minimum absolute atomic E-state index is 0.101. The van der Waals surface area contributed by atoms with Gasteiger partial charge in [0.15, 0.2) is 0 Å². The van der Waals surface area contributed by atoms with Crippen LogP contribution in [0.1, 0.15) is 35.7 Å². The molecule has 29 heavy (non-hydrogen) atoms. The van der Waals surface area contributed by atoms with Crippen LogP contribution in [0.3, 0.4) is 0 Å². The first-order valence-electron chi connectivity index (χ1n) is 10.1. The van der Waals surface area contributed by atoms with Gasteiger partial charge in [-0.25, -0.2) is 9.97 Å². The number of nitrogens with zero attached hydrogens (tertiary/aromatic N) is 3. The van der Waals surface area contributed by atoms with Crippen LogP contribution < -0.4 is 5.32 Å². The maximum absolute atomic E-state index is 12.9. The van der Waals surface area contributed by atoms with E-state index in [9.17, 15) is 4.79 Å². The molecule has 2 heterocycles. The molecule has 3 aromatic rings. The van der Waals surface area contributed by atoms with E-state index in [0.717, 1.165) is 42.9 Å². The lowest BCUT2D eigenvalue weighted by Gasteiger charge is -2.30. The van der Waals surface area contributed by atoms with Crippen molar-refractivity contribution in [1.29, 1.82) is 0 Å². The van der Waals surface area contributed by atoms with Crippen LogP contribution in [0.4, 0.5) is 11.5 Å². The van der Waals surface area contributed by atoms with Gasteiger partial charge in [0.2, 0.25) is 0 Å². The molecule has 0 unspecified atom stereocenters. The Kier molecular flexibility index (Phi) is 5.56. The first kappa shape index (κ1) is 19.1. The molecule has 1 N–H and O–H groups in total. The second kappa shape index (κ2) is 8.43. The molecular weight excluding hydrogens is 360 g/mol. The number of likely N-dealkylation sites (tertiary alicyclic amines) is 1. The summed E-state index contributed by atoms with van der Waals surface area (Å²) >= 11 is 0. The van der Waals surface area contributed by atoms with Crippen LogP contribution >= 0.6 is 0 Å². The number of carbonyl (C=O) groups is 1. The highest BCUT2D eigenvalue weighted by Crippen LogP contribution is 2.23. The number of hydrogen-bond acceptors (Lipinski definition) is 4. The number of amides is 1. The third kappa shape index (κ3) is 4.62. The third-order valence-corrected chi connectivity index (χ3v) is 5.47. The predicted octanol–water partition coefficient (Wildman–Crippen LogP) is 5.07. The number of piperidine rings is 1. The Balaban J connectivity index is 1.50. The Morgan fingerprint density at radius 1 is 1.03 bits per heavy atom. The molecule has 1 aliphatic heterocycles. The zero-order valence-electron chi connectivity index (χ0n) is 16.9. The monoisotopic (exact) mass is 386 g/mol. The maximum atomic E-state index is 12.9. The molecule has 1 saturated heterocycles. The molecule has 1 aromatic heterocycles. The van der Waals surface area contributed by atoms with Crippen molar-refractivity contribution >= 4 is 17.4 Å². The van der Waals surface area contributed by atoms with Gasteiger partial charge in [-0.05, 0) is 43.9 Å². The lowest BCUT2D eigenvalue weighted by atomic mass is 9.98. The van der Waals surface area contributed by atoms with Gasteiger partial charge in [0.1, 0.15) is 12.1 Å². The van der Waals surface area contributed by atoms with E-state index in [4.69, 9.17) is 0 Å². The summed E-state index contributed by atoms with van der Waals surface area (Å²) in [6, 6.07) is 17.8. The smallest absolute Gasteiger partial charge is 0.253 e. The van der Waals surface area contributed by atoms with Crippen LogP contribution in [0.25, 0.3) is 11.3 Å². The molecule has 0 aliphatic carbocycles. The Labute approximate surface area is 171 Å². The topological polar surface area (TPSA) is 58.1 Å². The van der Waals surface area contributed by atoms with Gasteiger partial charge in [-0.15, -0.1) is 0 Å². The van der Waals surface area contributed by atoms with E-state index in [1.54, 1.807) is 6.33 Å². The van der Waals surface area contributed by atoms with Gasteiger partial charge in [-0.3, -0.25) is 4.79 Å². The van der Waals surface area contributed by atoms with E-state index in [1.165, 1.54) is 5.56 Å². The van der Waals surface area contributed by atoms with Crippen LogP contribution in [0, 0.1) is 12.8 Å². The zero-order chi connectivity index (χ0) is 20.2. The minimum atomic E-state index is 0.101. The summed E-state index contributed by atoms with van der Waals surface area (Å²) in [5.41, 5.74) is 4.67. The van der Waals surface area contributed by atoms with Crippen molar-refractivity contribution < 1.29 is 4.79 Å². The third-order valence-electron chi connectivity index (χ3n) is 5.47. The summed E-state index contributed by atoms with van der Waals surface area (Å²) < 4.78 is 0. The van der Waals surface area contributed by atoms with Crippen LogP contribution in [-0.4, -0.2) is 33.9 Å². The van der Waals surface area contributed by atoms with Crippen LogP contribution in [0.15, 0.2) is 60.9 Å². The summed E-state index contributed by atoms with van der Waals surface area (Å²) in [6.07, 6.45) is 3.71. The average molecular weight is 386 g/mol. The molecule has 1 fully saturated rings. The SMILES string of the molecule is Cc1ccc(-c2cc(Nc3cccc(C(=O)N4CCC(C)CC4)c3)ncn2)cc1. The number of rotatable bonds is 4. The molecule has 1 aliphatic rings. The van der Waals surface area contributed by atoms with E-state index < -0.39 is 0 Å². The lowest BCUT2D eigenvalue weighted by molar-refractivity contribution is 0.0697. The number of aryl methyl sites for hydroxylation is 1. The zero-order valence-corrected chi connectivity index (χ0v) is 16.9. The first-order valence-corrected chi connectivity index (χ1v) is 10.1. The Morgan fingerprint density at radius 3 is 2.55 bits per heavy atom. The first-order chi connectivity index (χ1) is 14.1. The molecule has 4 rings (SSSR count). The van der Waals surface area contributed by atoms with E-state index >= 15 is 0 Å². The van der Waals surface area contributed by atoms with Gasteiger partial charge in [-0.1, -0.05) is 42.8 Å². The standard InChI is InChI=1S/C24H26N4O/c1-17-6-8-19(9-7-17)22-15-23(26-16-25-22)27-21-5-3-4-20(14-21)24(29)28-12-10-18(2)11-13-28/h3-9,14-16,18H,10-13H2,1-2H3,(H,25,26,27). The van der Waals surface area contributed by atoms with Crippen molar-refractivity contribution in [1.82, 2.24) is 14.9 Å². The highest BCUT2D eigenvalue weighted by molar-refractivity contribution is 5.95. The van der Waals surface area contributed by atoms with Crippen molar-refractivity contribution in [2.24, 2.45) is 5.92 Å². The summed E-state index contributed by atoms with van der Waals surface area (Å²) in [5.74, 6) is 1.50. The highest BCUT2D eigenvalue weighted by atomic mass is 16.2. The predicted molar refractivity (Wildman–Crippen MR) is 116 cm³/mol. The van der Waals surface area contributed by atoms with Gasteiger partial charge in [0, 0.05) is 36.0 Å². The number of aromatic nitrogens is 2. The van der Waals surface area contributed by atoms with Crippen molar-refractivity contribution in [2.75, 3.05) is 18.4 Å². The van der Waals surface area contributed by atoms with Gasteiger partial charge in [-0.2, -0.15) is 0 Å². The molecule has 148 valence electrons. The fraction of sp³-hybridized carbons (Fsp3) is 0.292. The molecule has 2 aromatic carbocycles. The molecule has 1 amide bonds. The van der Waals surface area contributed by atoms with E-state index in [0.29, 0.717) is 17.3 Å². The van der Waals surface area contributed by atoms with E-state index in [1.807, 2.05) is 35.2 Å². The summed E-state index contributed by atoms with van der Waals surface area (Å²) in [4.78, 5) is 23.5. The largest absolute Gasteiger partial charge is 0.340 e. The second-order valence-corrected chi connectivity index (χ2v) is 7.84. The molecule has 0 spiro atoms. The van der Waals surface area contributed by atoms with Gasteiger partial charge >= 0.3 is 0 Å². The molecule has 5 nitrogen and oxygen atoms in total. The number of hydrogen-bond donors (Lipinski definition) is 1. The van der Waals surface area contributed by atoms with Gasteiger partial charge in [0.05, 0.1) is 5.69 Å². The Hall–Kier alpha value is -3.21. The van der Waals surface area contributed by atoms with Crippen molar-refractivity contribution in [3.8, 4) is 11.3 Å². The van der Waals surface area contributed by atoms with E-state index in [2.05, 4.69) is 53.4 Å². The van der Waals surface area contributed by atoms with Gasteiger partial charge in [0.25, 0.3) is 5.91 Å². The summed E-state index contributed by atoms with van der Waals surface area (Å²) in [7, 11) is 0. The number of anilines is 2. The quantitative estimate of drug-likeness (QED) is 0.680. The van der Waals surface area contributed by atoms with Crippen molar-refractivity contribution in [3.63, 3.8) is 0 Å².